The number of nitrogens with one attached hydrogen (secondary N) is 1. The lowest BCUT2D eigenvalue weighted by molar-refractivity contribution is 0.199. The molecule has 2 aliphatic rings. The number of anilines is 1. The van der Waals surface area contributed by atoms with Crippen molar-refractivity contribution in [3.8, 4) is 0 Å². The van der Waals surface area contributed by atoms with Crippen molar-refractivity contribution in [1.82, 2.24) is 10.2 Å². The van der Waals surface area contributed by atoms with E-state index in [1.807, 2.05) is 12.1 Å². The van der Waals surface area contributed by atoms with Crippen molar-refractivity contribution in [2.75, 3.05) is 50.7 Å². The van der Waals surface area contributed by atoms with Gasteiger partial charge in [-0.05, 0) is 56.1 Å². The fraction of sp³-hybridized carbons (Fsp3) is 0.625. The molecule has 1 unspecified atom stereocenters. The number of piperidine rings is 1. The topological polar surface area (TPSA) is 18.5 Å². The monoisotopic (exact) mass is 293 g/mol. The average molecular weight is 294 g/mol. The number of rotatable bonds is 3. The predicted molar refractivity (Wildman–Crippen MR) is 85.7 cm³/mol. The van der Waals surface area contributed by atoms with Crippen molar-refractivity contribution >= 4 is 17.3 Å². The van der Waals surface area contributed by atoms with Crippen LogP contribution in [-0.4, -0.2) is 50.7 Å². The highest BCUT2D eigenvalue weighted by atomic mass is 35.5. The summed E-state index contributed by atoms with van der Waals surface area (Å²) in [5.74, 6) is 0.853. The smallest absolute Gasteiger partial charge is 0.0407 e. The van der Waals surface area contributed by atoms with Gasteiger partial charge in [0.05, 0.1) is 0 Å². The zero-order valence-corrected chi connectivity index (χ0v) is 12.8. The maximum Gasteiger partial charge on any atom is 0.0407 e. The van der Waals surface area contributed by atoms with Gasteiger partial charge in [0.15, 0.2) is 0 Å². The number of hydrogen-bond donors (Lipinski definition) is 1. The van der Waals surface area contributed by atoms with Crippen LogP contribution in [-0.2, 0) is 0 Å². The van der Waals surface area contributed by atoms with Crippen molar-refractivity contribution in [3.63, 3.8) is 0 Å². The van der Waals surface area contributed by atoms with Gasteiger partial charge in [0.25, 0.3) is 0 Å². The van der Waals surface area contributed by atoms with Crippen LogP contribution in [0.25, 0.3) is 0 Å². The summed E-state index contributed by atoms with van der Waals surface area (Å²) in [6.45, 7) is 8.29. The quantitative estimate of drug-likeness (QED) is 0.924. The van der Waals surface area contributed by atoms with Gasteiger partial charge in [-0.15, -0.1) is 0 Å². The first-order valence-electron chi connectivity index (χ1n) is 7.75. The van der Waals surface area contributed by atoms with Gasteiger partial charge in [0, 0.05) is 43.4 Å². The number of halogens is 1. The van der Waals surface area contributed by atoms with Crippen LogP contribution in [0.2, 0.25) is 5.02 Å². The second-order valence-corrected chi connectivity index (χ2v) is 6.41. The van der Waals surface area contributed by atoms with Gasteiger partial charge in [-0.2, -0.15) is 0 Å². The minimum Gasteiger partial charge on any atom is -0.369 e. The number of hydrogen-bond acceptors (Lipinski definition) is 3. The third-order valence-corrected chi connectivity index (χ3v) is 4.73. The number of benzene rings is 1. The SMILES string of the molecule is Clc1ccc(N2CCN(CC3CCCNC3)CC2)cc1. The molecule has 1 N–H and O–H groups in total. The van der Waals surface area contributed by atoms with E-state index in [-0.39, 0.29) is 0 Å². The van der Waals surface area contributed by atoms with E-state index in [1.165, 1.54) is 51.3 Å². The molecule has 2 fully saturated rings. The molecule has 0 saturated carbocycles. The van der Waals surface area contributed by atoms with Gasteiger partial charge in [0.2, 0.25) is 0 Å². The first-order chi connectivity index (χ1) is 9.81. The van der Waals surface area contributed by atoms with E-state index in [1.54, 1.807) is 0 Å². The molecular weight excluding hydrogens is 270 g/mol. The molecular formula is C16H24ClN3. The third-order valence-electron chi connectivity index (χ3n) is 4.48. The van der Waals surface area contributed by atoms with Crippen LogP contribution in [0, 0.1) is 5.92 Å². The van der Waals surface area contributed by atoms with Crippen molar-refractivity contribution in [1.29, 1.82) is 0 Å². The standard InChI is InChI=1S/C16H24ClN3/c17-15-3-5-16(6-4-15)20-10-8-19(9-11-20)13-14-2-1-7-18-12-14/h3-6,14,18H,1-2,7-13H2. The predicted octanol–water partition coefficient (Wildman–Crippen LogP) is 2.46. The molecule has 1 aromatic rings. The molecule has 20 heavy (non-hydrogen) atoms. The van der Waals surface area contributed by atoms with Crippen LogP contribution in [0.1, 0.15) is 12.8 Å². The molecule has 4 heteroatoms. The highest BCUT2D eigenvalue weighted by Gasteiger charge is 2.21. The van der Waals surface area contributed by atoms with E-state index in [4.69, 9.17) is 11.6 Å². The molecule has 0 spiro atoms. The molecule has 1 atom stereocenters. The Morgan fingerprint density at radius 1 is 1.10 bits per heavy atom. The Balaban J connectivity index is 1.47. The Hall–Kier alpha value is -0.770. The third kappa shape index (κ3) is 3.66. The van der Waals surface area contributed by atoms with E-state index in [2.05, 4.69) is 27.2 Å². The van der Waals surface area contributed by atoms with E-state index in [0.717, 1.165) is 24.0 Å². The Morgan fingerprint density at radius 3 is 2.50 bits per heavy atom. The number of nitrogens with zero attached hydrogens (tertiary/aromatic N) is 2. The zero-order valence-electron chi connectivity index (χ0n) is 12.0. The summed E-state index contributed by atoms with van der Waals surface area (Å²) in [6.07, 6.45) is 2.74. The molecule has 1 aromatic carbocycles. The van der Waals surface area contributed by atoms with Crippen molar-refractivity contribution in [2.24, 2.45) is 5.92 Å². The molecule has 2 heterocycles. The highest BCUT2D eigenvalue weighted by molar-refractivity contribution is 6.30. The summed E-state index contributed by atoms with van der Waals surface area (Å²) in [6, 6.07) is 8.22. The first kappa shape index (κ1) is 14.2. The maximum atomic E-state index is 5.95. The van der Waals surface area contributed by atoms with Crippen LogP contribution in [0.15, 0.2) is 24.3 Å². The molecule has 110 valence electrons. The highest BCUT2D eigenvalue weighted by Crippen LogP contribution is 2.20. The van der Waals surface area contributed by atoms with Gasteiger partial charge in [-0.25, -0.2) is 0 Å². The Morgan fingerprint density at radius 2 is 1.85 bits per heavy atom. The minimum absolute atomic E-state index is 0.817. The van der Waals surface area contributed by atoms with Gasteiger partial charge in [-0.3, -0.25) is 4.90 Å². The summed E-state index contributed by atoms with van der Waals surface area (Å²) < 4.78 is 0. The molecule has 0 radical (unpaired) electrons. The van der Waals surface area contributed by atoms with E-state index >= 15 is 0 Å². The fourth-order valence-corrected chi connectivity index (χ4v) is 3.41. The molecule has 3 rings (SSSR count). The summed E-state index contributed by atoms with van der Waals surface area (Å²) in [5.41, 5.74) is 1.30. The fourth-order valence-electron chi connectivity index (χ4n) is 3.29. The van der Waals surface area contributed by atoms with Crippen molar-refractivity contribution < 1.29 is 0 Å². The molecule has 0 amide bonds. The minimum atomic E-state index is 0.817. The van der Waals surface area contributed by atoms with Crippen LogP contribution < -0.4 is 10.2 Å². The second-order valence-electron chi connectivity index (χ2n) is 5.98. The molecule has 2 aliphatic heterocycles. The van der Waals surface area contributed by atoms with Gasteiger partial charge in [0.1, 0.15) is 0 Å². The molecule has 0 bridgehead atoms. The zero-order chi connectivity index (χ0) is 13.8. The Bertz CT molecular complexity index is 406. The molecule has 3 nitrogen and oxygen atoms in total. The molecule has 0 aromatic heterocycles. The van der Waals surface area contributed by atoms with Crippen molar-refractivity contribution in [3.05, 3.63) is 29.3 Å². The van der Waals surface area contributed by atoms with Crippen LogP contribution in [0.4, 0.5) is 5.69 Å². The summed E-state index contributed by atoms with van der Waals surface area (Å²) >= 11 is 5.95. The normalized spacial score (nSPS) is 24.9. The number of piperazine rings is 1. The summed E-state index contributed by atoms with van der Waals surface area (Å²) in [5, 5.41) is 4.33. The Kier molecular flexibility index (Phi) is 4.81. The molecule has 0 aliphatic carbocycles. The first-order valence-corrected chi connectivity index (χ1v) is 8.12. The largest absolute Gasteiger partial charge is 0.369 e. The summed E-state index contributed by atoms with van der Waals surface area (Å²) in [4.78, 5) is 5.09. The Labute approximate surface area is 126 Å². The lowest BCUT2D eigenvalue weighted by atomic mass is 9.99. The lowest BCUT2D eigenvalue weighted by Crippen LogP contribution is -2.49. The van der Waals surface area contributed by atoms with Crippen LogP contribution in [0.5, 0.6) is 0 Å². The van der Waals surface area contributed by atoms with Gasteiger partial charge in [-0.1, -0.05) is 11.6 Å². The average Bonchev–Trinajstić information content (AvgIpc) is 2.50. The van der Waals surface area contributed by atoms with E-state index in [9.17, 15) is 0 Å². The van der Waals surface area contributed by atoms with Crippen molar-refractivity contribution in [2.45, 2.75) is 12.8 Å². The molecule has 2 saturated heterocycles. The van der Waals surface area contributed by atoms with Crippen LogP contribution >= 0.6 is 11.6 Å². The second kappa shape index (κ2) is 6.79. The van der Waals surface area contributed by atoms with Gasteiger partial charge < -0.3 is 10.2 Å². The van der Waals surface area contributed by atoms with Gasteiger partial charge >= 0.3 is 0 Å². The van der Waals surface area contributed by atoms with E-state index in [0.29, 0.717) is 0 Å². The maximum absolute atomic E-state index is 5.95. The summed E-state index contributed by atoms with van der Waals surface area (Å²) in [7, 11) is 0. The lowest BCUT2D eigenvalue weighted by Gasteiger charge is -2.38. The van der Waals surface area contributed by atoms with E-state index < -0.39 is 0 Å². The van der Waals surface area contributed by atoms with Crippen LogP contribution in [0.3, 0.4) is 0 Å².